The summed E-state index contributed by atoms with van der Waals surface area (Å²) in [5, 5.41) is 3.07. The average molecular weight is 353 g/mol. The van der Waals surface area contributed by atoms with E-state index in [-0.39, 0.29) is 6.04 Å². The summed E-state index contributed by atoms with van der Waals surface area (Å²) in [6.07, 6.45) is 1.88. The SMILES string of the molecule is CNC[C@H]1CCCN1S(=O)(=O)c1cc(Br)sc1C. The fraction of sp³-hybridized carbons (Fsp3) is 0.636. The Balaban J connectivity index is 2.33. The summed E-state index contributed by atoms with van der Waals surface area (Å²) in [6.45, 7) is 3.19. The van der Waals surface area contributed by atoms with E-state index in [1.54, 1.807) is 10.4 Å². The van der Waals surface area contributed by atoms with Crippen LogP contribution in [0, 0.1) is 6.92 Å². The first kappa shape index (κ1) is 14.5. The highest BCUT2D eigenvalue weighted by Gasteiger charge is 2.36. The van der Waals surface area contributed by atoms with Gasteiger partial charge in [0.25, 0.3) is 0 Å². The first-order valence-electron chi connectivity index (χ1n) is 5.89. The van der Waals surface area contributed by atoms with Gasteiger partial charge in [0.05, 0.1) is 8.68 Å². The molecule has 1 saturated heterocycles. The van der Waals surface area contributed by atoms with E-state index in [2.05, 4.69) is 21.2 Å². The number of thiophene rings is 1. The maximum atomic E-state index is 12.6. The highest BCUT2D eigenvalue weighted by Crippen LogP contribution is 2.34. The van der Waals surface area contributed by atoms with Crippen molar-refractivity contribution < 1.29 is 8.42 Å². The highest BCUT2D eigenvalue weighted by molar-refractivity contribution is 9.11. The largest absolute Gasteiger partial charge is 0.318 e. The second-order valence-corrected chi connectivity index (χ2v) is 8.93. The molecule has 1 aliphatic heterocycles. The van der Waals surface area contributed by atoms with Crippen molar-refractivity contribution in [2.24, 2.45) is 0 Å². The van der Waals surface area contributed by atoms with Crippen LogP contribution < -0.4 is 5.32 Å². The lowest BCUT2D eigenvalue weighted by atomic mass is 10.2. The van der Waals surface area contributed by atoms with Crippen LogP contribution in [-0.2, 0) is 10.0 Å². The molecule has 1 N–H and O–H groups in total. The lowest BCUT2D eigenvalue weighted by molar-refractivity contribution is 0.379. The molecule has 1 fully saturated rings. The normalized spacial score (nSPS) is 21.6. The van der Waals surface area contributed by atoms with Crippen molar-refractivity contribution in [2.45, 2.75) is 30.7 Å². The van der Waals surface area contributed by atoms with Gasteiger partial charge in [0, 0.05) is 24.0 Å². The van der Waals surface area contributed by atoms with Gasteiger partial charge in [-0.15, -0.1) is 11.3 Å². The molecule has 4 nitrogen and oxygen atoms in total. The molecule has 0 radical (unpaired) electrons. The van der Waals surface area contributed by atoms with Gasteiger partial charge >= 0.3 is 0 Å². The first-order valence-corrected chi connectivity index (χ1v) is 8.94. The second-order valence-electron chi connectivity index (χ2n) is 4.44. The van der Waals surface area contributed by atoms with Crippen molar-refractivity contribution >= 4 is 37.3 Å². The standard InChI is InChI=1S/C11H17BrN2O2S2/c1-8-10(6-11(12)17-8)18(15,16)14-5-3-4-9(14)7-13-2/h6,9,13H,3-5,7H2,1-2H3/t9-/m1/s1. The molecule has 0 saturated carbocycles. The maximum Gasteiger partial charge on any atom is 0.244 e. The van der Waals surface area contributed by atoms with E-state index in [1.807, 2.05) is 14.0 Å². The number of hydrogen-bond acceptors (Lipinski definition) is 4. The Morgan fingerprint density at radius 3 is 2.89 bits per heavy atom. The monoisotopic (exact) mass is 352 g/mol. The lowest BCUT2D eigenvalue weighted by Crippen LogP contribution is -2.40. The number of halogens is 1. The zero-order chi connectivity index (χ0) is 13.3. The minimum absolute atomic E-state index is 0.0816. The molecule has 1 aliphatic rings. The Bertz CT molecular complexity index is 527. The van der Waals surface area contributed by atoms with E-state index in [0.29, 0.717) is 18.0 Å². The van der Waals surface area contributed by atoms with Crippen LogP contribution in [0.2, 0.25) is 0 Å². The fourth-order valence-electron chi connectivity index (χ4n) is 2.38. The first-order chi connectivity index (χ1) is 8.46. The van der Waals surface area contributed by atoms with Gasteiger partial charge in [0.1, 0.15) is 0 Å². The molecule has 1 aromatic rings. The van der Waals surface area contributed by atoms with Gasteiger partial charge in [-0.2, -0.15) is 4.31 Å². The molecule has 0 aliphatic carbocycles. The van der Waals surface area contributed by atoms with E-state index in [0.717, 1.165) is 21.5 Å². The summed E-state index contributed by atoms with van der Waals surface area (Å²) in [4.78, 5) is 1.29. The van der Waals surface area contributed by atoms with Gasteiger partial charge in [-0.1, -0.05) is 0 Å². The van der Waals surface area contributed by atoms with Gasteiger partial charge in [0.15, 0.2) is 0 Å². The molecule has 18 heavy (non-hydrogen) atoms. The molecule has 0 bridgehead atoms. The lowest BCUT2D eigenvalue weighted by Gasteiger charge is -2.23. The molecular weight excluding hydrogens is 336 g/mol. The summed E-state index contributed by atoms with van der Waals surface area (Å²) in [5.74, 6) is 0. The molecular formula is C11H17BrN2O2S2. The smallest absolute Gasteiger partial charge is 0.244 e. The zero-order valence-corrected chi connectivity index (χ0v) is 13.7. The second kappa shape index (κ2) is 5.58. The fourth-order valence-corrected chi connectivity index (χ4v) is 6.46. The van der Waals surface area contributed by atoms with E-state index >= 15 is 0 Å². The number of rotatable bonds is 4. The van der Waals surface area contributed by atoms with Crippen LogP contribution >= 0.6 is 27.3 Å². The van der Waals surface area contributed by atoms with Gasteiger partial charge in [-0.25, -0.2) is 8.42 Å². The third-order valence-electron chi connectivity index (χ3n) is 3.19. The summed E-state index contributed by atoms with van der Waals surface area (Å²) in [7, 11) is -1.49. The number of nitrogens with one attached hydrogen (secondary N) is 1. The quantitative estimate of drug-likeness (QED) is 0.903. The van der Waals surface area contributed by atoms with Gasteiger partial charge in [-0.05, 0) is 48.8 Å². The minimum Gasteiger partial charge on any atom is -0.318 e. The predicted molar refractivity (Wildman–Crippen MR) is 77.6 cm³/mol. The molecule has 0 amide bonds. The van der Waals surface area contributed by atoms with Crippen molar-refractivity contribution in [1.29, 1.82) is 0 Å². The van der Waals surface area contributed by atoms with Gasteiger partial charge < -0.3 is 5.32 Å². The highest BCUT2D eigenvalue weighted by atomic mass is 79.9. The van der Waals surface area contributed by atoms with Crippen LogP contribution in [0.15, 0.2) is 14.7 Å². The molecule has 1 aromatic heterocycles. The molecule has 0 spiro atoms. The summed E-state index contributed by atoms with van der Waals surface area (Å²) < 4.78 is 27.8. The number of aryl methyl sites for hydroxylation is 1. The summed E-state index contributed by atoms with van der Waals surface area (Å²) >= 11 is 4.82. The average Bonchev–Trinajstić information content (AvgIpc) is 2.86. The van der Waals surface area contributed by atoms with Crippen molar-refractivity contribution in [3.63, 3.8) is 0 Å². The maximum absolute atomic E-state index is 12.6. The van der Waals surface area contributed by atoms with Crippen molar-refractivity contribution in [3.05, 3.63) is 14.7 Å². The van der Waals surface area contributed by atoms with Crippen molar-refractivity contribution in [2.75, 3.05) is 20.1 Å². The van der Waals surface area contributed by atoms with Gasteiger partial charge in [-0.3, -0.25) is 0 Å². The number of hydrogen-bond donors (Lipinski definition) is 1. The Kier molecular flexibility index (Phi) is 4.48. The zero-order valence-electron chi connectivity index (χ0n) is 10.4. The van der Waals surface area contributed by atoms with E-state index in [4.69, 9.17) is 0 Å². The molecule has 102 valence electrons. The minimum atomic E-state index is -3.35. The van der Waals surface area contributed by atoms with Crippen molar-refractivity contribution in [1.82, 2.24) is 9.62 Å². The van der Waals surface area contributed by atoms with Crippen LogP contribution in [0.1, 0.15) is 17.7 Å². The van der Waals surface area contributed by atoms with Crippen LogP contribution in [0.3, 0.4) is 0 Å². The molecule has 0 aromatic carbocycles. The topological polar surface area (TPSA) is 49.4 Å². The van der Waals surface area contributed by atoms with E-state index in [1.165, 1.54) is 11.3 Å². The summed E-state index contributed by atoms with van der Waals surface area (Å²) in [6, 6.07) is 1.79. The Hall–Kier alpha value is 0.0500. The van der Waals surface area contributed by atoms with E-state index < -0.39 is 10.0 Å². The molecule has 7 heteroatoms. The van der Waals surface area contributed by atoms with Crippen LogP contribution in [-0.4, -0.2) is 38.9 Å². The van der Waals surface area contributed by atoms with Gasteiger partial charge in [0.2, 0.25) is 10.0 Å². The Morgan fingerprint density at radius 2 is 2.33 bits per heavy atom. The molecule has 2 heterocycles. The summed E-state index contributed by atoms with van der Waals surface area (Å²) in [5.41, 5.74) is 0. The third kappa shape index (κ3) is 2.65. The van der Waals surface area contributed by atoms with Crippen LogP contribution in [0.5, 0.6) is 0 Å². The molecule has 1 atom stereocenters. The van der Waals surface area contributed by atoms with Crippen LogP contribution in [0.4, 0.5) is 0 Å². The van der Waals surface area contributed by atoms with E-state index in [9.17, 15) is 8.42 Å². The number of nitrogens with zero attached hydrogens (tertiary/aromatic N) is 1. The van der Waals surface area contributed by atoms with Crippen molar-refractivity contribution in [3.8, 4) is 0 Å². The molecule has 2 rings (SSSR count). The Labute approximate surface area is 121 Å². The number of sulfonamides is 1. The van der Waals surface area contributed by atoms with Crippen LogP contribution in [0.25, 0.3) is 0 Å². The predicted octanol–water partition coefficient (Wildman–Crippen LogP) is 2.19. The Morgan fingerprint density at radius 1 is 1.61 bits per heavy atom. The molecule has 0 unspecified atom stereocenters. The third-order valence-corrected chi connectivity index (χ3v) is 6.95. The number of likely N-dealkylation sites (N-methyl/N-ethyl adjacent to an activating group) is 1.